The van der Waals surface area contributed by atoms with Crippen molar-refractivity contribution in [1.29, 1.82) is 0 Å². The van der Waals surface area contributed by atoms with Crippen LogP contribution in [0, 0.1) is 18.6 Å². The van der Waals surface area contributed by atoms with Crippen LogP contribution in [-0.2, 0) is 11.4 Å². The number of nitrogens with one attached hydrogen (secondary N) is 1. The molecule has 3 rings (SSSR count). The molecule has 29 heavy (non-hydrogen) atoms. The zero-order valence-corrected chi connectivity index (χ0v) is 15.8. The number of aryl methyl sites for hydroxylation is 1. The van der Waals surface area contributed by atoms with Crippen LogP contribution in [0.3, 0.4) is 0 Å². The molecule has 1 atom stereocenters. The topological polar surface area (TPSA) is 92.9 Å². The second-order valence-electron chi connectivity index (χ2n) is 6.57. The summed E-state index contributed by atoms with van der Waals surface area (Å²) in [6.45, 7) is 2.87. The second-order valence-corrected chi connectivity index (χ2v) is 6.57. The van der Waals surface area contributed by atoms with Crippen LogP contribution < -0.4 is 10.1 Å². The molecular weight excluding hydrogens is 384 g/mol. The lowest BCUT2D eigenvalue weighted by atomic mass is 10.2. The minimum Gasteiger partial charge on any atom is -0.485 e. The van der Waals surface area contributed by atoms with E-state index in [0.717, 1.165) is 12.1 Å². The minimum absolute atomic E-state index is 0.210. The quantitative estimate of drug-likeness (QED) is 0.632. The van der Waals surface area contributed by atoms with Gasteiger partial charge in [0.1, 0.15) is 23.9 Å². The summed E-state index contributed by atoms with van der Waals surface area (Å²) in [5.74, 6) is -2.70. The summed E-state index contributed by atoms with van der Waals surface area (Å²) < 4.78 is 34.7. The smallest absolute Gasteiger partial charge is 0.305 e. The number of ether oxygens (including phenoxy) is 1. The molecule has 2 aromatic heterocycles. The molecule has 0 aliphatic rings. The van der Waals surface area contributed by atoms with Crippen molar-refractivity contribution < 1.29 is 28.2 Å². The number of pyridine rings is 1. The van der Waals surface area contributed by atoms with Gasteiger partial charge in [-0.15, -0.1) is 0 Å². The van der Waals surface area contributed by atoms with Crippen molar-refractivity contribution in [3.63, 3.8) is 0 Å². The van der Waals surface area contributed by atoms with Gasteiger partial charge in [0.25, 0.3) is 5.91 Å². The number of amides is 1. The summed E-state index contributed by atoms with van der Waals surface area (Å²) in [5, 5.41) is 11.5. The molecule has 0 saturated carbocycles. The minimum atomic E-state index is -1.02. The monoisotopic (exact) mass is 403 g/mol. The van der Waals surface area contributed by atoms with Gasteiger partial charge in [0, 0.05) is 12.2 Å². The first kappa shape index (κ1) is 20.2. The number of carboxylic acid groups (broad SMARTS) is 1. The summed E-state index contributed by atoms with van der Waals surface area (Å²) in [6.07, 6.45) is 1.38. The first-order valence-electron chi connectivity index (χ1n) is 8.84. The molecule has 2 heterocycles. The fraction of sp³-hybridized carbons (Fsp3) is 0.250. The summed E-state index contributed by atoms with van der Waals surface area (Å²) >= 11 is 0. The van der Waals surface area contributed by atoms with E-state index < -0.39 is 29.6 Å². The van der Waals surface area contributed by atoms with Crippen LogP contribution in [0.1, 0.15) is 35.1 Å². The van der Waals surface area contributed by atoms with Gasteiger partial charge in [-0.2, -0.15) is 0 Å². The number of carbonyl (C=O) groups excluding carboxylic acids is 1. The lowest BCUT2D eigenvalue weighted by molar-refractivity contribution is -0.137. The number of nitrogens with zero attached hydrogens (tertiary/aromatic N) is 2. The summed E-state index contributed by atoms with van der Waals surface area (Å²) in [4.78, 5) is 27.7. The Morgan fingerprint density at radius 3 is 2.59 bits per heavy atom. The number of carbonyl (C=O) groups is 2. The van der Waals surface area contributed by atoms with E-state index >= 15 is 0 Å². The molecule has 0 fully saturated rings. The molecular formula is C20H19F2N3O4. The molecule has 9 heteroatoms. The van der Waals surface area contributed by atoms with E-state index in [2.05, 4.69) is 10.3 Å². The third kappa shape index (κ3) is 4.34. The molecule has 1 aromatic carbocycles. The molecule has 0 radical (unpaired) electrons. The predicted molar refractivity (Wildman–Crippen MR) is 99.8 cm³/mol. The predicted octanol–water partition coefficient (Wildman–Crippen LogP) is 3.09. The molecule has 152 valence electrons. The van der Waals surface area contributed by atoms with Crippen LogP contribution in [0.5, 0.6) is 5.75 Å². The number of hydrogen-bond donors (Lipinski definition) is 2. The number of imidazole rings is 1. The number of halogens is 2. The average Bonchev–Trinajstić information content (AvgIpc) is 2.97. The highest BCUT2D eigenvalue weighted by Crippen LogP contribution is 2.24. The highest BCUT2D eigenvalue weighted by molar-refractivity contribution is 5.95. The first-order chi connectivity index (χ1) is 13.8. The molecule has 0 spiro atoms. The molecule has 0 aliphatic heterocycles. The summed E-state index contributed by atoms with van der Waals surface area (Å²) in [7, 11) is 0. The molecule has 3 aromatic rings. The maximum Gasteiger partial charge on any atom is 0.305 e. The van der Waals surface area contributed by atoms with Crippen LogP contribution in [0.4, 0.5) is 8.78 Å². The lowest BCUT2D eigenvalue weighted by Crippen LogP contribution is -2.35. The van der Waals surface area contributed by atoms with Gasteiger partial charge in [-0.25, -0.2) is 13.8 Å². The van der Waals surface area contributed by atoms with Crippen LogP contribution in [0.15, 0.2) is 36.5 Å². The van der Waals surface area contributed by atoms with E-state index in [9.17, 15) is 18.4 Å². The van der Waals surface area contributed by atoms with E-state index in [1.807, 2.05) is 0 Å². The second kappa shape index (κ2) is 8.26. The van der Waals surface area contributed by atoms with Gasteiger partial charge >= 0.3 is 5.97 Å². The zero-order valence-electron chi connectivity index (χ0n) is 15.8. The highest BCUT2D eigenvalue weighted by Gasteiger charge is 2.21. The SMILES string of the molecule is Cc1nc2c(OCc3c(F)cccc3F)cccn2c1C(=O)NC(C)CC(=O)O. The van der Waals surface area contributed by atoms with Gasteiger partial charge < -0.3 is 15.2 Å². The Morgan fingerprint density at radius 2 is 1.93 bits per heavy atom. The van der Waals surface area contributed by atoms with Gasteiger partial charge in [-0.1, -0.05) is 6.07 Å². The zero-order chi connectivity index (χ0) is 21.1. The van der Waals surface area contributed by atoms with Crippen molar-refractivity contribution in [2.75, 3.05) is 0 Å². The highest BCUT2D eigenvalue weighted by atomic mass is 19.1. The number of hydrogen-bond acceptors (Lipinski definition) is 4. The average molecular weight is 403 g/mol. The summed E-state index contributed by atoms with van der Waals surface area (Å²) in [5.41, 5.74) is 0.717. The Morgan fingerprint density at radius 1 is 1.24 bits per heavy atom. The fourth-order valence-electron chi connectivity index (χ4n) is 2.97. The maximum absolute atomic E-state index is 13.8. The van der Waals surface area contributed by atoms with E-state index in [4.69, 9.17) is 9.84 Å². The van der Waals surface area contributed by atoms with Gasteiger partial charge in [-0.3, -0.25) is 14.0 Å². The van der Waals surface area contributed by atoms with E-state index in [-0.39, 0.29) is 30.0 Å². The standard InChI is InChI=1S/C20H19F2N3O4/c1-11(9-17(26)27)23-20(28)18-12(2)24-19-16(7-4-8-25(18)19)29-10-13-14(21)5-3-6-15(13)22/h3-8,11H,9-10H2,1-2H3,(H,23,28)(H,26,27). The molecule has 7 nitrogen and oxygen atoms in total. The first-order valence-corrected chi connectivity index (χ1v) is 8.84. The Balaban J connectivity index is 1.87. The van der Waals surface area contributed by atoms with E-state index in [1.165, 1.54) is 10.5 Å². The van der Waals surface area contributed by atoms with Crippen LogP contribution in [0.25, 0.3) is 5.65 Å². The number of aliphatic carboxylic acids is 1. The number of rotatable bonds is 7. The lowest BCUT2D eigenvalue weighted by Gasteiger charge is -2.12. The molecule has 0 bridgehead atoms. The van der Waals surface area contributed by atoms with E-state index in [0.29, 0.717) is 11.3 Å². The van der Waals surface area contributed by atoms with Gasteiger partial charge in [0.15, 0.2) is 11.4 Å². The number of fused-ring (bicyclic) bond motifs is 1. The largest absolute Gasteiger partial charge is 0.485 e. The van der Waals surface area contributed by atoms with Crippen LogP contribution in [0.2, 0.25) is 0 Å². The Kier molecular flexibility index (Phi) is 5.76. The fourth-order valence-corrected chi connectivity index (χ4v) is 2.97. The molecule has 0 saturated heterocycles. The number of benzene rings is 1. The van der Waals surface area contributed by atoms with Gasteiger partial charge in [0.05, 0.1) is 17.7 Å². The third-order valence-electron chi connectivity index (χ3n) is 4.30. The summed E-state index contributed by atoms with van der Waals surface area (Å²) in [6, 6.07) is 6.16. The molecule has 1 amide bonds. The Bertz CT molecular complexity index is 1060. The van der Waals surface area contributed by atoms with Crippen molar-refractivity contribution in [1.82, 2.24) is 14.7 Å². The van der Waals surface area contributed by atoms with Crippen molar-refractivity contribution in [3.05, 3.63) is 65.1 Å². The Labute approximate surface area is 164 Å². The van der Waals surface area contributed by atoms with Gasteiger partial charge in [0.2, 0.25) is 0 Å². The maximum atomic E-state index is 13.8. The van der Waals surface area contributed by atoms with Crippen molar-refractivity contribution in [2.24, 2.45) is 0 Å². The van der Waals surface area contributed by atoms with Crippen molar-refractivity contribution >= 4 is 17.5 Å². The number of carboxylic acids is 1. The normalized spacial score (nSPS) is 12.0. The van der Waals surface area contributed by atoms with Crippen molar-refractivity contribution in [2.45, 2.75) is 32.9 Å². The van der Waals surface area contributed by atoms with Crippen LogP contribution in [-0.4, -0.2) is 32.4 Å². The Hall–Kier alpha value is -3.49. The van der Waals surface area contributed by atoms with Crippen LogP contribution >= 0.6 is 0 Å². The third-order valence-corrected chi connectivity index (χ3v) is 4.30. The van der Waals surface area contributed by atoms with E-state index in [1.54, 1.807) is 32.2 Å². The molecule has 2 N–H and O–H groups in total. The van der Waals surface area contributed by atoms with Crippen molar-refractivity contribution in [3.8, 4) is 5.75 Å². The number of aromatic nitrogens is 2. The van der Waals surface area contributed by atoms with Gasteiger partial charge in [-0.05, 0) is 38.1 Å². The molecule has 0 aliphatic carbocycles. The molecule has 1 unspecified atom stereocenters.